The predicted molar refractivity (Wildman–Crippen MR) is 74.1 cm³/mol. The molecule has 1 aromatic heterocycles. The molecule has 1 aliphatic rings. The van der Waals surface area contributed by atoms with Crippen LogP contribution < -0.4 is 0 Å². The molecule has 1 fully saturated rings. The first-order valence-electron chi connectivity index (χ1n) is 6.89. The Balaban J connectivity index is 1.78. The van der Waals surface area contributed by atoms with E-state index in [1.165, 1.54) is 6.92 Å². The van der Waals surface area contributed by atoms with E-state index in [-0.39, 0.29) is 24.6 Å². The zero-order valence-electron chi connectivity index (χ0n) is 11.7. The van der Waals surface area contributed by atoms with Crippen LogP contribution in [-0.2, 0) is 14.3 Å². The van der Waals surface area contributed by atoms with Crippen LogP contribution in [0.25, 0.3) is 11.0 Å². The maximum Gasteiger partial charge on any atom is 0.302 e. The molecule has 110 valence electrons. The van der Waals surface area contributed by atoms with Crippen LogP contribution in [0.3, 0.4) is 0 Å². The van der Waals surface area contributed by atoms with E-state index in [4.69, 9.17) is 4.74 Å². The molecule has 7 nitrogen and oxygen atoms in total. The van der Waals surface area contributed by atoms with Gasteiger partial charge in [0.15, 0.2) is 0 Å². The molecule has 1 saturated heterocycles. The number of rotatable bonds is 4. The topological polar surface area (TPSA) is 77.3 Å². The number of hydrogen-bond donors (Lipinski definition) is 0. The largest absolute Gasteiger partial charge is 0.464 e. The third kappa shape index (κ3) is 2.72. The van der Waals surface area contributed by atoms with Gasteiger partial charge in [0.2, 0.25) is 5.91 Å². The quantitative estimate of drug-likeness (QED) is 0.788. The third-order valence-electron chi connectivity index (χ3n) is 3.50. The second kappa shape index (κ2) is 5.51. The molecule has 1 amide bonds. The van der Waals surface area contributed by atoms with Crippen molar-refractivity contribution in [3.63, 3.8) is 0 Å². The van der Waals surface area contributed by atoms with Crippen LogP contribution in [0.15, 0.2) is 24.3 Å². The Labute approximate surface area is 121 Å². The molecular weight excluding hydrogens is 272 g/mol. The van der Waals surface area contributed by atoms with E-state index in [0.717, 1.165) is 11.0 Å². The van der Waals surface area contributed by atoms with Gasteiger partial charge in [-0.15, -0.1) is 0 Å². The zero-order chi connectivity index (χ0) is 14.8. The molecule has 0 spiro atoms. The standard InChI is InChI=1S/C14H16N4O3/c1-10(19)21-9-8-17-13(6-7-14(17)20)18-15-11-4-2-3-5-12(11)16-18/h2-5,13H,6-9H2,1H3. The van der Waals surface area contributed by atoms with Crippen molar-refractivity contribution in [2.45, 2.75) is 25.9 Å². The van der Waals surface area contributed by atoms with Crippen molar-refractivity contribution in [2.24, 2.45) is 0 Å². The predicted octanol–water partition coefficient (Wildman–Crippen LogP) is 1.12. The summed E-state index contributed by atoms with van der Waals surface area (Å²) in [5, 5.41) is 8.85. The molecule has 21 heavy (non-hydrogen) atoms. The number of benzene rings is 1. The zero-order valence-corrected chi connectivity index (χ0v) is 11.7. The molecule has 0 N–H and O–H groups in total. The first kappa shape index (κ1) is 13.5. The van der Waals surface area contributed by atoms with Crippen LogP contribution in [-0.4, -0.2) is 44.9 Å². The summed E-state index contributed by atoms with van der Waals surface area (Å²) in [5.41, 5.74) is 1.61. The monoisotopic (exact) mass is 288 g/mol. The van der Waals surface area contributed by atoms with Crippen molar-refractivity contribution in [1.82, 2.24) is 19.9 Å². The lowest BCUT2D eigenvalue weighted by atomic mass is 10.3. The minimum atomic E-state index is -0.346. The van der Waals surface area contributed by atoms with Crippen molar-refractivity contribution in [1.29, 1.82) is 0 Å². The molecule has 3 rings (SSSR count). The summed E-state index contributed by atoms with van der Waals surface area (Å²) in [6, 6.07) is 7.58. The highest BCUT2D eigenvalue weighted by Gasteiger charge is 2.33. The van der Waals surface area contributed by atoms with E-state index in [2.05, 4.69) is 10.2 Å². The molecule has 2 heterocycles. The summed E-state index contributed by atoms with van der Waals surface area (Å²) in [5.74, 6) is -0.311. The summed E-state index contributed by atoms with van der Waals surface area (Å²) in [4.78, 5) is 26.0. The highest BCUT2D eigenvalue weighted by Crippen LogP contribution is 2.27. The Kier molecular flexibility index (Phi) is 3.55. The number of carbonyl (C=O) groups is 2. The highest BCUT2D eigenvalue weighted by atomic mass is 16.5. The minimum Gasteiger partial charge on any atom is -0.464 e. The van der Waals surface area contributed by atoms with Gasteiger partial charge in [0, 0.05) is 13.3 Å². The van der Waals surface area contributed by atoms with Gasteiger partial charge in [-0.05, 0) is 18.6 Å². The van der Waals surface area contributed by atoms with Crippen LogP contribution in [0.1, 0.15) is 25.9 Å². The first-order chi connectivity index (χ1) is 10.1. The Hall–Kier alpha value is -2.44. The fraction of sp³-hybridized carbons (Fsp3) is 0.429. The average Bonchev–Trinajstić information content (AvgIpc) is 3.02. The van der Waals surface area contributed by atoms with E-state index in [0.29, 0.717) is 19.4 Å². The molecule has 0 saturated carbocycles. The van der Waals surface area contributed by atoms with Crippen molar-refractivity contribution in [3.8, 4) is 0 Å². The molecule has 7 heteroatoms. The molecule has 0 radical (unpaired) electrons. The van der Waals surface area contributed by atoms with Gasteiger partial charge in [0.05, 0.1) is 6.54 Å². The van der Waals surface area contributed by atoms with E-state index in [1.54, 1.807) is 9.70 Å². The van der Waals surface area contributed by atoms with E-state index in [9.17, 15) is 9.59 Å². The second-order valence-electron chi connectivity index (χ2n) is 4.96. The Morgan fingerprint density at radius 1 is 1.33 bits per heavy atom. The molecule has 1 atom stereocenters. The number of amides is 1. The number of aromatic nitrogens is 3. The van der Waals surface area contributed by atoms with E-state index < -0.39 is 0 Å². The maximum absolute atomic E-state index is 12.0. The van der Waals surface area contributed by atoms with Gasteiger partial charge in [0.1, 0.15) is 23.8 Å². The maximum atomic E-state index is 12.0. The van der Waals surface area contributed by atoms with Gasteiger partial charge in [0.25, 0.3) is 0 Å². The fourth-order valence-electron chi connectivity index (χ4n) is 2.53. The summed E-state index contributed by atoms with van der Waals surface area (Å²) < 4.78 is 4.91. The summed E-state index contributed by atoms with van der Waals surface area (Å²) in [6.07, 6.45) is 0.920. The molecule has 1 aromatic carbocycles. The number of fused-ring (bicyclic) bond motifs is 1. The second-order valence-corrected chi connectivity index (χ2v) is 4.96. The molecular formula is C14H16N4O3. The van der Waals surface area contributed by atoms with Crippen molar-refractivity contribution >= 4 is 22.9 Å². The number of carbonyl (C=O) groups excluding carboxylic acids is 2. The third-order valence-corrected chi connectivity index (χ3v) is 3.50. The molecule has 1 unspecified atom stereocenters. The number of nitrogens with zero attached hydrogens (tertiary/aromatic N) is 4. The van der Waals surface area contributed by atoms with Crippen LogP contribution in [0.5, 0.6) is 0 Å². The molecule has 0 bridgehead atoms. The minimum absolute atomic E-state index is 0.0357. The van der Waals surface area contributed by atoms with Gasteiger partial charge < -0.3 is 9.64 Å². The van der Waals surface area contributed by atoms with Gasteiger partial charge in [-0.25, -0.2) is 0 Å². The lowest BCUT2D eigenvalue weighted by Gasteiger charge is -2.23. The molecule has 1 aliphatic heterocycles. The van der Waals surface area contributed by atoms with E-state index in [1.807, 2.05) is 24.3 Å². The SMILES string of the molecule is CC(=O)OCCN1C(=O)CCC1n1nc2ccccc2n1. The smallest absolute Gasteiger partial charge is 0.302 e. The highest BCUT2D eigenvalue weighted by molar-refractivity contribution is 5.78. The molecule has 2 aromatic rings. The lowest BCUT2D eigenvalue weighted by molar-refractivity contribution is -0.143. The van der Waals surface area contributed by atoms with Gasteiger partial charge in [-0.1, -0.05) is 12.1 Å². The van der Waals surface area contributed by atoms with Gasteiger partial charge >= 0.3 is 5.97 Å². The summed E-state index contributed by atoms with van der Waals surface area (Å²) >= 11 is 0. The van der Waals surface area contributed by atoms with Gasteiger partial charge in [-0.2, -0.15) is 15.0 Å². The van der Waals surface area contributed by atoms with E-state index >= 15 is 0 Å². The number of hydrogen-bond acceptors (Lipinski definition) is 5. The lowest BCUT2D eigenvalue weighted by Crippen LogP contribution is -2.35. The average molecular weight is 288 g/mol. The summed E-state index contributed by atoms with van der Waals surface area (Å²) in [7, 11) is 0. The van der Waals surface area contributed by atoms with Crippen LogP contribution in [0.4, 0.5) is 0 Å². The Bertz CT molecular complexity index is 649. The van der Waals surface area contributed by atoms with Crippen LogP contribution in [0.2, 0.25) is 0 Å². The summed E-state index contributed by atoms with van der Waals surface area (Å²) in [6.45, 7) is 1.91. The number of ether oxygens (including phenoxy) is 1. The fourth-order valence-corrected chi connectivity index (χ4v) is 2.53. The Morgan fingerprint density at radius 3 is 2.62 bits per heavy atom. The normalized spacial score (nSPS) is 18.4. The van der Waals surface area contributed by atoms with Crippen LogP contribution >= 0.6 is 0 Å². The van der Waals surface area contributed by atoms with Gasteiger partial charge in [-0.3, -0.25) is 9.59 Å². The van der Waals surface area contributed by atoms with Crippen LogP contribution in [0, 0.1) is 0 Å². The van der Waals surface area contributed by atoms with Crippen molar-refractivity contribution < 1.29 is 14.3 Å². The Morgan fingerprint density at radius 2 is 2.00 bits per heavy atom. The first-order valence-corrected chi connectivity index (χ1v) is 6.89. The number of esters is 1. The molecule has 0 aliphatic carbocycles. The van der Waals surface area contributed by atoms with Crippen molar-refractivity contribution in [2.75, 3.05) is 13.2 Å². The number of likely N-dealkylation sites (tertiary alicyclic amines) is 1. The van der Waals surface area contributed by atoms with Crippen molar-refractivity contribution in [3.05, 3.63) is 24.3 Å².